The van der Waals surface area contributed by atoms with Gasteiger partial charge in [-0.3, -0.25) is 29.4 Å². The second-order valence-corrected chi connectivity index (χ2v) is 6.58. The Balaban J connectivity index is 1.73. The summed E-state index contributed by atoms with van der Waals surface area (Å²) >= 11 is 0. The molecule has 4 rings (SSSR count). The Morgan fingerprint density at radius 3 is 2.48 bits per heavy atom. The van der Waals surface area contributed by atoms with Crippen molar-refractivity contribution in [3.05, 3.63) is 63.9 Å². The molecule has 1 aromatic carbocycles. The molecule has 0 spiro atoms. The molecule has 0 aliphatic carbocycles. The fraction of sp³-hybridized carbons (Fsp3) is 0.0952. The largest absolute Gasteiger partial charge is 0.457 e. The van der Waals surface area contributed by atoms with Crippen LogP contribution in [0.5, 0.6) is 0 Å². The summed E-state index contributed by atoms with van der Waals surface area (Å²) in [6, 6.07) is 9.88. The molecule has 0 atom stereocenters. The molecule has 4 amide bonds. The molecular weight excluding hydrogens is 374 g/mol. The van der Waals surface area contributed by atoms with Crippen LogP contribution in [0.1, 0.15) is 33.4 Å². The summed E-state index contributed by atoms with van der Waals surface area (Å²) in [5.74, 6) is -1.31. The van der Waals surface area contributed by atoms with Gasteiger partial charge in [-0.25, -0.2) is 0 Å². The summed E-state index contributed by atoms with van der Waals surface area (Å²) in [7, 11) is 1.31. The first-order valence-electron chi connectivity index (χ1n) is 8.57. The normalized spacial score (nSPS) is 17.7. The lowest BCUT2D eigenvalue weighted by molar-refractivity contribution is -0.138. The molecule has 8 heteroatoms. The summed E-state index contributed by atoms with van der Waals surface area (Å²) in [4.78, 5) is 48.9. The van der Waals surface area contributed by atoms with E-state index in [0.717, 1.165) is 4.90 Å². The highest BCUT2D eigenvalue weighted by Crippen LogP contribution is 2.30. The summed E-state index contributed by atoms with van der Waals surface area (Å²) in [5.41, 5.74) is 1.53. The maximum absolute atomic E-state index is 12.5. The molecule has 0 unspecified atom stereocenters. The van der Waals surface area contributed by atoms with Gasteiger partial charge in [0.25, 0.3) is 23.6 Å². The van der Waals surface area contributed by atoms with E-state index < -0.39 is 23.6 Å². The number of nitriles is 1. The van der Waals surface area contributed by atoms with Crippen LogP contribution in [0.15, 0.2) is 51.5 Å². The van der Waals surface area contributed by atoms with Gasteiger partial charge in [0.05, 0.1) is 11.1 Å². The van der Waals surface area contributed by atoms with E-state index in [1.165, 1.54) is 20.0 Å². The molecule has 2 aromatic rings. The van der Waals surface area contributed by atoms with Gasteiger partial charge in [0.1, 0.15) is 23.2 Å². The first kappa shape index (κ1) is 18.1. The van der Waals surface area contributed by atoms with Gasteiger partial charge in [-0.1, -0.05) is 6.07 Å². The smallest absolute Gasteiger partial charge is 0.271 e. The van der Waals surface area contributed by atoms with Crippen LogP contribution in [0.3, 0.4) is 0 Å². The van der Waals surface area contributed by atoms with Crippen molar-refractivity contribution in [3.8, 4) is 17.4 Å². The molecule has 1 N–H and O–H groups in total. The average molecular weight is 387 g/mol. The summed E-state index contributed by atoms with van der Waals surface area (Å²) in [6.45, 7) is 1.53. The Kier molecular flexibility index (Phi) is 4.01. The molecule has 3 heterocycles. The zero-order chi connectivity index (χ0) is 20.9. The van der Waals surface area contributed by atoms with Crippen LogP contribution in [-0.4, -0.2) is 35.6 Å². The van der Waals surface area contributed by atoms with Crippen LogP contribution in [0, 0.1) is 11.3 Å². The number of carbonyl (C=O) groups is 4. The third kappa shape index (κ3) is 2.76. The fourth-order valence-electron chi connectivity index (χ4n) is 3.25. The Bertz CT molecular complexity index is 1240. The Morgan fingerprint density at radius 2 is 1.76 bits per heavy atom. The van der Waals surface area contributed by atoms with Crippen molar-refractivity contribution in [1.82, 2.24) is 10.2 Å². The van der Waals surface area contributed by atoms with E-state index in [2.05, 4.69) is 5.32 Å². The Hall–Kier alpha value is -4.25. The molecule has 1 aromatic heterocycles. The van der Waals surface area contributed by atoms with E-state index in [4.69, 9.17) is 4.42 Å². The number of nitrogens with one attached hydrogen (secondary N) is 1. The van der Waals surface area contributed by atoms with E-state index in [1.807, 2.05) is 6.07 Å². The molecule has 0 radical (unpaired) electrons. The maximum atomic E-state index is 12.5. The highest BCUT2D eigenvalue weighted by atomic mass is 16.3. The second kappa shape index (κ2) is 6.42. The van der Waals surface area contributed by atoms with E-state index >= 15 is 0 Å². The van der Waals surface area contributed by atoms with Crippen molar-refractivity contribution in [2.45, 2.75) is 6.92 Å². The van der Waals surface area contributed by atoms with Crippen molar-refractivity contribution >= 4 is 29.7 Å². The Labute approximate surface area is 164 Å². The minimum atomic E-state index is -0.641. The molecule has 0 saturated carbocycles. The van der Waals surface area contributed by atoms with Gasteiger partial charge in [-0.15, -0.1) is 0 Å². The number of benzene rings is 1. The number of hydrogen-bond acceptors (Lipinski definition) is 6. The average Bonchev–Trinajstić information content (AvgIpc) is 3.28. The minimum absolute atomic E-state index is 0.0977. The fourth-order valence-corrected chi connectivity index (χ4v) is 3.25. The number of furan rings is 1. The lowest BCUT2D eigenvalue weighted by Crippen LogP contribution is -2.39. The van der Waals surface area contributed by atoms with Crippen LogP contribution >= 0.6 is 0 Å². The van der Waals surface area contributed by atoms with Crippen LogP contribution < -0.4 is 5.32 Å². The SMILES string of the molecule is CC1=C(C#N)C(=O)N(C)C(=O)/C1=C/c1ccc(-c2ccc3c(c2)C(=O)NC3=O)o1. The quantitative estimate of drug-likeness (QED) is 0.622. The van der Waals surface area contributed by atoms with Gasteiger partial charge in [-0.2, -0.15) is 5.26 Å². The molecular formula is C21H13N3O5. The first-order valence-corrected chi connectivity index (χ1v) is 8.57. The first-order chi connectivity index (χ1) is 13.8. The number of rotatable bonds is 2. The van der Waals surface area contributed by atoms with Crippen LogP contribution in [0.2, 0.25) is 0 Å². The van der Waals surface area contributed by atoms with Crippen LogP contribution in [0.4, 0.5) is 0 Å². The molecule has 0 fully saturated rings. The number of carbonyl (C=O) groups excluding carboxylic acids is 4. The standard InChI is InChI=1S/C21H13N3O5/c1-10-14(20(27)24(2)21(28)16(10)9-22)8-12-4-6-17(29-12)11-3-5-13-15(7-11)19(26)23-18(13)25/h3-8H,1-2H3,(H,23,25,26)/b14-8+. The topological polar surface area (TPSA) is 120 Å². The molecule has 8 nitrogen and oxygen atoms in total. The zero-order valence-corrected chi connectivity index (χ0v) is 15.4. The van der Waals surface area contributed by atoms with Gasteiger partial charge in [0.15, 0.2) is 0 Å². The number of nitrogens with zero attached hydrogens (tertiary/aromatic N) is 2. The van der Waals surface area contributed by atoms with Crippen molar-refractivity contribution in [3.63, 3.8) is 0 Å². The summed E-state index contributed by atoms with van der Waals surface area (Å²) < 4.78 is 5.77. The number of hydrogen-bond donors (Lipinski definition) is 1. The molecule has 0 saturated heterocycles. The lowest BCUT2D eigenvalue weighted by Gasteiger charge is -2.23. The highest BCUT2D eigenvalue weighted by Gasteiger charge is 2.33. The maximum Gasteiger partial charge on any atom is 0.271 e. The third-order valence-electron chi connectivity index (χ3n) is 4.88. The van der Waals surface area contributed by atoms with Gasteiger partial charge in [-0.05, 0) is 42.8 Å². The molecule has 29 heavy (non-hydrogen) atoms. The van der Waals surface area contributed by atoms with Crippen LogP contribution in [-0.2, 0) is 9.59 Å². The van der Waals surface area contributed by atoms with Crippen molar-refractivity contribution in [2.75, 3.05) is 7.05 Å². The second-order valence-electron chi connectivity index (χ2n) is 6.58. The Morgan fingerprint density at radius 1 is 1.03 bits per heavy atom. The lowest BCUT2D eigenvalue weighted by atomic mass is 9.95. The minimum Gasteiger partial charge on any atom is -0.457 e. The zero-order valence-electron chi connectivity index (χ0n) is 15.4. The number of fused-ring (bicyclic) bond motifs is 1. The van der Waals surface area contributed by atoms with E-state index in [-0.39, 0.29) is 22.3 Å². The van der Waals surface area contributed by atoms with E-state index in [0.29, 0.717) is 22.6 Å². The monoisotopic (exact) mass is 387 g/mol. The van der Waals surface area contributed by atoms with E-state index in [9.17, 15) is 24.4 Å². The summed E-state index contributed by atoms with van der Waals surface area (Å²) in [5, 5.41) is 11.4. The van der Waals surface area contributed by atoms with Crippen LogP contribution in [0.25, 0.3) is 17.4 Å². The van der Waals surface area contributed by atoms with Crippen molar-refractivity contribution < 1.29 is 23.6 Å². The van der Waals surface area contributed by atoms with Gasteiger partial charge >= 0.3 is 0 Å². The third-order valence-corrected chi connectivity index (χ3v) is 4.88. The predicted molar refractivity (Wildman–Crippen MR) is 100 cm³/mol. The number of likely N-dealkylation sites (N-methyl/N-ethyl adjacent to an activating group) is 1. The number of imide groups is 2. The molecule has 2 aliphatic rings. The molecule has 2 aliphatic heterocycles. The highest BCUT2D eigenvalue weighted by molar-refractivity contribution is 6.22. The summed E-state index contributed by atoms with van der Waals surface area (Å²) in [6.07, 6.45) is 1.46. The van der Waals surface area contributed by atoms with E-state index in [1.54, 1.807) is 30.3 Å². The predicted octanol–water partition coefficient (Wildman–Crippen LogP) is 2.05. The van der Waals surface area contributed by atoms with Crippen molar-refractivity contribution in [1.29, 1.82) is 5.26 Å². The van der Waals surface area contributed by atoms with Crippen molar-refractivity contribution in [2.24, 2.45) is 0 Å². The van der Waals surface area contributed by atoms with Gasteiger partial charge in [0, 0.05) is 18.2 Å². The van der Waals surface area contributed by atoms with Gasteiger partial charge in [0.2, 0.25) is 0 Å². The molecule has 142 valence electrons. The molecule has 0 bridgehead atoms. The number of amides is 4. The van der Waals surface area contributed by atoms with Gasteiger partial charge < -0.3 is 4.42 Å².